The van der Waals surface area contributed by atoms with E-state index in [0.29, 0.717) is 12.4 Å². The lowest BCUT2D eigenvalue weighted by Gasteiger charge is -2.41. The molecule has 7 heteroatoms. The molecule has 4 aromatic rings. The van der Waals surface area contributed by atoms with Crippen molar-refractivity contribution in [3.05, 3.63) is 78.1 Å². The molecule has 0 atom stereocenters. The van der Waals surface area contributed by atoms with E-state index in [-0.39, 0.29) is 12.3 Å². The first-order valence-corrected chi connectivity index (χ1v) is 11.7. The molecule has 0 saturated carbocycles. The number of anilines is 1. The molecule has 2 aliphatic rings. The van der Waals surface area contributed by atoms with Crippen LogP contribution < -0.4 is 15.4 Å². The molecule has 6 rings (SSSR count). The predicted molar refractivity (Wildman–Crippen MR) is 131 cm³/mol. The summed E-state index contributed by atoms with van der Waals surface area (Å²) in [6, 6.07) is 21.8. The number of hydrogen-bond acceptors (Lipinski definition) is 5. The smallest absolute Gasteiger partial charge is 0.231 e. The second-order valence-corrected chi connectivity index (χ2v) is 8.88. The number of nitrogens with one attached hydrogen (secondary N) is 3. The minimum absolute atomic E-state index is 0.115. The van der Waals surface area contributed by atoms with E-state index in [2.05, 4.69) is 32.7 Å². The summed E-state index contributed by atoms with van der Waals surface area (Å²) in [5, 5.41) is 6.35. The van der Waals surface area contributed by atoms with Crippen molar-refractivity contribution in [1.29, 1.82) is 0 Å². The Hall–Kier alpha value is -3.68. The van der Waals surface area contributed by atoms with Crippen LogP contribution in [0.25, 0.3) is 22.2 Å². The van der Waals surface area contributed by atoms with Crippen LogP contribution in [0.15, 0.2) is 66.7 Å². The lowest BCUT2D eigenvalue weighted by molar-refractivity contribution is -0.218. The number of aromatic nitrogens is 2. The van der Waals surface area contributed by atoms with Gasteiger partial charge < -0.3 is 25.1 Å². The molecule has 1 amide bonds. The fraction of sp³-hybridized carbons (Fsp3) is 0.259. The second kappa shape index (κ2) is 8.59. The minimum Gasteiger partial charge on any atom is -0.462 e. The Labute approximate surface area is 197 Å². The number of amides is 1. The summed E-state index contributed by atoms with van der Waals surface area (Å²) in [6.07, 6.45) is 1.89. The van der Waals surface area contributed by atoms with Gasteiger partial charge in [0, 0.05) is 37.2 Å². The van der Waals surface area contributed by atoms with Crippen LogP contribution in [0, 0.1) is 0 Å². The molecule has 3 heterocycles. The van der Waals surface area contributed by atoms with Crippen LogP contribution in [0.3, 0.4) is 0 Å². The SMILES string of the molecule is O=C(Cc1nc2ccccc2[nH]1)Nc1cccc(-c2ccc3c(c2)COC2(CCNCC2)O3)c1. The molecule has 0 aliphatic carbocycles. The van der Waals surface area contributed by atoms with Crippen molar-refractivity contribution in [3.8, 4) is 16.9 Å². The first kappa shape index (κ1) is 20.9. The van der Waals surface area contributed by atoms with Crippen molar-refractivity contribution in [2.24, 2.45) is 0 Å². The first-order valence-electron chi connectivity index (χ1n) is 11.7. The zero-order valence-corrected chi connectivity index (χ0v) is 18.8. The van der Waals surface area contributed by atoms with E-state index < -0.39 is 5.79 Å². The van der Waals surface area contributed by atoms with Crippen molar-refractivity contribution in [1.82, 2.24) is 15.3 Å². The van der Waals surface area contributed by atoms with Crippen LogP contribution in [0.5, 0.6) is 5.75 Å². The van der Waals surface area contributed by atoms with Crippen molar-refractivity contribution in [2.45, 2.75) is 31.7 Å². The minimum atomic E-state index is -0.496. The number of nitrogens with zero attached hydrogens (tertiary/aromatic N) is 1. The van der Waals surface area contributed by atoms with Gasteiger partial charge in [0.1, 0.15) is 11.6 Å². The molecule has 34 heavy (non-hydrogen) atoms. The Kier molecular flexibility index (Phi) is 5.28. The van der Waals surface area contributed by atoms with Crippen molar-refractivity contribution in [3.63, 3.8) is 0 Å². The summed E-state index contributed by atoms with van der Waals surface area (Å²) in [7, 11) is 0. The number of rotatable bonds is 4. The van der Waals surface area contributed by atoms with Gasteiger partial charge in [0.15, 0.2) is 0 Å². The predicted octanol–water partition coefficient (Wildman–Crippen LogP) is 4.40. The number of piperidine rings is 1. The normalized spacial score (nSPS) is 16.7. The molecule has 3 aromatic carbocycles. The second-order valence-electron chi connectivity index (χ2n) is 8.88. The van der Waals surface area contributed by atoms with Gasteiger partial charge in [0.05, 0.1) is 24.1 Å². The number of para-hydroxylation sites is 2. The van der Waals surface area contributed by atoms with Crippen LogP contribution in [0.1, 0.15) is 24.2 Å². The molecule has 1 aromatic heterocycles. The molecule has 1 saturated heterocycles. The van der Waals surface area contributed by atoms with Gasteiger partial charge in [0.2, 0.25) is 11.7 Å². The molecule has 1 fully saturated rings. The van der Waals surface area contributed by atoms with E-state index in [0.717, 1.165) is 65.1 Å². The average molecular weight is 455 g/mol. The maximum Gasteiger partial charge on any atom is 0.231 e. The third-order valence-corrected chi connectivity index (χ3v) is 6.46. The Morgan fingerprint density at radius 2 is 1.85 bits per heavy atom. The largest absolute Gasteiger partial charge is 0.462 e. The van der Waals surface area contributed by atoms with E-state index in [1.54, 1.807) is 0 Å². The first-order chi connectivity index (χ1) is 16.7. The van der Waals surface area contributed by atoms with Crippen LogP contribution in [-0.2, 0) is 22.6 Å². The maximum absolute atomic E-state index is 12.6. The topological polar surface area (TPSA) is 88.3 Å². The number of carbonyl (C=O) groups is 1. The molecule has 2 aliphatic heterocycles. The zero-order chi connectivity index (χ0) is 23.0. The summed E-state index contributed by atoms with van der Waals surface area (Å²) in [5.41, 5.74) is 5.66. The third kappa shape index (κ3) is 4.16. The standard InChI is InChI=1S/C27H26N4O3/c32-26(16-25-30-22-6-1-2-7-23(22)31-25)29-21-5-3-4-18(15-21)19-8-9-24-20(14-19)17-33-27(34-24)10-12-28-13-11-27/h1-9,14-15,28H,10-13,16-17H2,(H,29,32)(H,30,31). The highest BCUT2D eigenvalue weighted by Crippen LogP contribution is 2.38. The number of hydrogen-bond donors (Lipinski definition) is 3. The molecule has 0 bridgehead atoms. The van der Waals surface area contributed by atoms with Gasteiger partial charge >= 0.3 is 0 Å². The lowest BCUT2D eigenvalue weighted by atomic mass is 9.99. The highest BCUT2D eigenvalue weighted by Gasteiger charge is 2.38. The van der Waals surface area contributed by atoms with Crippen LogP contribution in [0.2, 0.25) is 0 Å². The van der Waals surface area contributed by atoms with E-state index in [9.17, 15) is 4.79 Å². The van der Waals surface area contributed by atoms with Gasteiger partial charge in [-0.3, -0.25) is 4.79 Å². The van der Waals surface area contributed by atoms with Gasteiger partial charge in [-0.2, -0.15) is 0 Å². The summed E-state index contributed by atoms with van der Waals surface area (Å²) in [5.74, 6) is 0.933. The monoisotopic (exact) mass is 454 g/mol. The Morgan fingerprint density at radius 3 is 2.74 bits per heavy atom. The average Bonchev–Trinajstić information content (AvgIpc) is 3.26. The van der Waals surface area contributed by atoms with E-state index in [4.69, 9.17) is 9.47 Å². The van der Waals surface area contributed by atoms with E-state index in [1.807, 2.05) is 54.6 Å². The third-order valence-electron chi connectivity index (χ3n) is 6.46. The summed E-state index contributed by atoms with van der Waals surface area (Å²) >= 11 is 0. The number of H-pyrrole nitrogens is 1. The number of imidazole rings is 1. The quantitative estimate of drug-likeness (QED) is 0.425. The molecular formula is C27H26N4O3. The van der Waals surface area contributed by atoms with E-state index in [1.165, 1.54) is 0 Å². The number of aromatic amines is 1. The number of benzene rings is 3. The summed E-state index contributed by atoms with van der Waals surface area (Å²) < 4.78 is 12.4. The molecular weight excluding hydrogens is 428 g/mol. The zero-order valence-electron chi connectivity index (χ0n) is 18.8. The van der Waals surface area contributed by atoms with Gasteiger partial charge in [-0.1, -0.05) is 30.3 Å². The lowest BCUT2D eigenvalue weighted by Crippen LogP contribution is -2.49. The van der Waals surface area contributed by atoms with Crippen LogP contribution >= 0.6 is 0 Å². The van der Waals surface area contributed by atoms with Crippen molar-refractivity contribution >= 4 is 22.6 Å². The van der Waals surface area contributed by atoms with Gasteiger partial charge in [-0.25, -0.2) is 4.98 Å². The molecule has 7 nitrogen and oxygen atoms in total. The Balaban J connectivity index is 1.16. The number of fused-ring (bicyclic) bond motifs is 2. The Bertz CT molecular complexity index is 1320. The molecule has 0 radical (unpaired) electrons. The molecule has 0 unspecified atom stereocenters. The fourth-order valence-corrected chi connectivity index (χ4v) is 4.69. The highest BCUT2D eigenvalue weighted by molar-refractivity contribution is 5.93. The van der Waals surface area contributed by atoms with Gasteiger partial charge in [-0.15, -0.1) is 0 Å². The summed E-state index contributed by atoms with van der Waals surface area (Å²) in [6.45, 7) is 2.35. The van der Waals surface area contributed by atoms with E-state index >= 15 is 0 Å². The molecule has 3 N–H and O–H groups in total. The van der Waals surface area contributed by atoms with Crippen molar-refractivity contribution < 1.29 is 14.3 Å². The fourth-order valence-electron chi connectivity index (χ4n) is 4.69. The van der Waals surface area contributed by atoms with Gasteiger partial charge in [-0.05, 0) is 47.5 Å². The number of ether oxygens (including phenoxy) is 2. The van der Waals surface area contributed by atoms with Gasteiger partial charge in [0.25, 0.3) is 0 Å². The van der Waals surface area contributed by atoms with Crippen LogP contribution in [-0.4, -0.2) is 34.8 Å². The summed E-state index contributed by atoms with van der Waals surface area (Å²) in [4.78, 5) is 20.3. The Morgan fingerprint density at radius 1 is 1.00 bits per heavy atom. The molecule has 172 valence electrons. The van der Waals surface area contributed by atoms with Crippen LogP contribution in [0.4, 0.5) is 5.69 Å². The van der Waals surface area contributed by atoms with Crippen molar-refractivity contribution in [2.75, 3.05) is 18.4 Å². The highest BCUT2D eigenvalue weighted by atomic mass is 16.7. The number of carbonyl (C=O) groups excluding carboxylic acids is 1. The maximum atomic E-state index is 12.6. The molecule has 1 spiro atoms.